The van der Waals surface area contributed by atoms with Crippen molar-refractivity contribution in [3.63, 3.8) is 0 Å². The molecule has 102 valence electrons. The SMILES string of the molecule is C[C@@H]1CNCCN1C(=O)[C@H]1C[C@H]1c1ccc(Br)cc1. The van der Waals surface area contributed by atoms with Crippen LogP contribution >= 0.6 is 15.9 Å². The Morgan fingerprint density at radius 2 is 2.11 bits per heavy atom. The Kier molecular flexibility index (Phi) is 3.63. The van der Waals surface area contributed by atoms with Crippen LogP contribution in [0.1, 0.15) is 24.8 Å². The van der Waals surface area contributed by atoms with Crippen molar-refractivity contribution < 1.29 is 4.79 Å². The fraction of sp³-hybridized carbons (Fsp3) is 0.533. The van der Waals surface area contributed by atoms with Gasteiger partial charge in [0.2, 0.25) is 5.91 Å². The Balaban J connectivity index is 1.65. The molecule has 1 aromatic rings. The van der Waals surface area contributed by atoms with Crippen molar-refractivity contribution in [3.8, 4) is 0 Å². The van der Waals surface area contributed by atoms with Gasteiger partial charge in [0.15, 0.2) is 0 Å². The van der Waals surface area contributed by atoms with Crippen LogP contribution in [0, 0.1) is 5.92 Å². The number of benzene rings is 1. The first-order chi connectivity index (χ1) is 9.16. The number of hydrogen-bond donors (Lipinski definition) is 1. The molecule has 2 aliphatic rings. The van der Waals surface area contributed by atoms with E-state index in [-0.39, 0.29) is 5.92 Å². The molecule has 1 heterocycles. The van der Waals surface area contributed by atoms with Crippen LogP contribution in [0.3, 0.4) is 0 Å². The molecule has 1 saturated carbocycles. The Hall–Kier alpha value is -0.870. The smallest absolute Gasteiger partial charge is 0.226 e. The molecule has 1 aliphatic carbocycles. The molecule has 19 heavy (non-hydrogen) atoms. The van der Waals surface area contributed by atoms with Crippen LogP contribution in [0.4, 0.5) is 0 Å². The number of nitrogens with zero attached hydrogens (tertiary/aromatic N) is 1. The summed E-state index contributed by atoms with van der Waals surface area (Å²) in [6.45, 7) is 4.82. The first-order valence-corrected chi connectivity index (χ1v) is 7.73. The minimum atomic E-state index is 0.210. The predicted octanol–water partition coefficient (Wildman–Crippen LogP) is 2.37. The van der Waals surface area contributed by atoms with Gasteiger partial charge < -0.3 is 10.2 Å². The number of hydrogen-bond acceptors (Lipinski definition) is 2. The van der Waals surface area contributed by atoms with Crippen molar-refractivity contribution in [1.29, 1.82) is 0 Å². The maximum atomic E-state index is 12.5. The normalized spacial score (nSPS) is 30.2. The minimum Gasteiger partial charge on any atom is -0.337 e. The van der Waals surface area contributed by atoms with Gasteiger partial charge in [0.25, 0.3) is 0 Å². The van der Waals surface area contributed by atoms with Gasteiger partial charge in [-0.3, -0.25) is 4.79 Å². The first kappa shape index (κ1) is 13.1. The van der Waals surface area contributed by atoms with Gasteiger partial charge in [0, 0.05) is 36.1 Å². The highest BCUT2D eigenvalue weighted by molar-refractivity contribution is 9.10. The number of halogens is 1. The maximum absolute atomic E-state index is 12.5. The topological polar surface area (TPSA) is 32.3 Å². The Labute approximate surface area is 122 Å². The number of amides is 1. The molecule has 2 fully saturated rings. The van der Waals surface area contributed by atoms with E-state index in [0.29, 0.717) is 17.9 Å². The van der Waals surface area contributed by atoms with E-state index in [1.807, 2.05) is 0 Å². The Morgan fingerprint density at radius 3 is 2.79 bits per heavy atom. The molecule has 0 aromatic heterocycles. The minimum absolute atomic E-state index is 0.210. The van der Waals surface area contributed by atoms with E-state index in [0.717, 1.165) is 30.5 Å². The summed E-state index contributed by atoms with van der Waals surface area (Å²) in [6.07, 6.45) is 1.01. The quantitative estimate of drug-likeness (QED) is 0.906. The molecule has 1 amide bonds. The highest BCUT2D eigenvalue weighted by Crippen LogP contribution is 2.48. The van der Waals surface area contributed by atoms with Crippen molar-refractivity contribution in [2.45, 2.75) is 25.3 Å². The van der Waals surface area contributed by atoms with E-state index < -0.39 is 0 Å². The molecule has 1 saturated heterocycles. The molecule has 3 rings (SSSR count). The summed E-state index contributed by atoms with van der Waals surface area (Å²) in [5.74, 6) is 0.992. The third-order valence-corrected chi connectivity index (χ3v) is 4.72. The number of rotatable bonds is 2. The van der Waals surface area contributed by atoms with E-state index in [1.165, 1.54) is 5.56 Å². The van der Waals surface area contributed by atoms with Gasteiger partial charge in [0.1, 0.15) is 0 Å². The van der Waals surface area contributed by atoms with Gasteiger partial charge in [-0.15, -0.1) is 0 Å². The second-order valence-electron chi connectivity index (χ2n) is 5.59. The van der Waals surface area contributed by atoms with Gasteiger partial charge in [-0.1, -0.05) is 28.1 Å². The molecule has 4 heteroatoms. The number of carbonyl (C=O) groups excluding carboxylic acids is 1. The second kappa shape index (κ2) is 5.25. The summed E-state index contributed by atoms with van der Waals surface area (Å²) in [7, 11) is 0. The van der Waals surface area contributed by atoms with Gasteiger partial charge in [0.05, 0.1) is 0 Å². The molecule has 3 atom stereocenters. The highest BCUT2D eigenvalue weighted by atomic mass is 79.9. The highest BCUT2D eigenvalue weighted by Gasteiger charge is 2.46. The molecule has 0 unspecified atom stereocenters. The van der Waals surface area contributed by atoms with Crippen molar-refractivity contribution in [1.82, 2.24) is 10.2 Å². The molecule has 1 aliphatic heterocycles. The molecule has 1 aromatic carbocycles. The largest absolute Gasteiger partial charge is 0.337 e. The van der Waals surface area contributed by atoms with Crippen LogP contribution in [0.15, 0.2) is 28.7 Å². The van der Waals surface area contributed by atoms with Crippen molar-refractivity contribution in [2.24, 2.45) is 5.92 Å². The van der Waals surface area contributed by atoms with E-state index in [9.17, 15) is 4.79 Å². The molecular weight excluding hydrogens is 304 g/mol. The van der Waals surface area contributed by atoms with Crippen molar-refractivity contribution in [2.75, 3.05) is 19.6 Å². The zero-order chi connectivity index (χ0) is 13.4. The summed E-state index contributed by atoms with van der Waals surface area (Å²) in [5.41, 5.74) is 1.30. The van der Waals surface area contributed by atoms with Gasteiger partial charge in [-0.25, -0.2) is 0 Å². The van der Waals surface area contributed by atoms with Crippen LogP contribution in [0.2, 0.25) is 0 Å². The standard InChI is InChI=1S/C15H19BrN2O/c1-10-9-17-6-7-18(10)15(19)14-8-13(14)11-2-4-12(16)5-3-11/h2-5,10,13-14,17H,6-9H2,1H3/t10-,13+,14+/m1/s1. The maximum Gasteiger partial charge on any atom is 0.226 e. The molecule has 1 N–H and O–H groups in total. The lowest BCUT2D eigenvalue weighted by Crippen LogP contribution is -2.52. The average molecular weight is 323 g/mol. The average Bonchev–Trinajstić information content (AvgIpc) is 3.20. The number of nitrogens with one attached hydrogen (secondary N) is 1. The molecule has 0 bridgehead atoms. The van der Waals surface area contributed by atoms with Crippen LogP contribution in [0.5, 0.6) is 0 Å². The molecule has 0 spiro atoms. The number of piperazine rings is 1. The third kappa shape index (κ3) is 2.70. The van der Waals surface area contributed by atoms with E-state index in [2.05, 4.69) is 57.3 Å². The zero-order valence-corrected chi connectivity index (χ0v) is 12.7. The Morgan fingerprint density at radius 1 is 1.37 bits per heavy atom. The summed E-state index contributed by atoms with van der Waals surface area (Å²) in [4.78, 5) is 14.6. The lowest BCUT2D eigenvalue weighted by molar-refractivity contribution is -0.135. The van der Waals surface area contributed by atoms with Gasteiger partial charge in [-0.05, 0) is 37.0 Å². The van der Waals surface area contributed by atoms with Gasteiger partial charge >= 0.3 is 0 Å². The van der Waals surface area contributed by atoms with E-state index in [4.69, 9.17) is 0 Å². The monoisotopic (exact) mass is 322 g/mol. The summed E-state index contributed by atoms with van der Waals surface area (Å²) < 4.78 is 1.09. The van der Waals surface area contributed by atoms with Crippen molar-refractivity contribution >= 4 is 21.8 Å². The zero-order valence-electron chi connectivity index (χ0n) is 11.1. The molecular formula is C15H19BrN2O. The molecule has 0 radical (unpaired) electrons. The first-order valence-electron chi connectivity index (χ1n) is 6.93. The summed E-state index contributed by atoms with van der Waals surface area (Å²) in [5, 5.41) is 3.33. The summed E-state index contributed by atoms with van der Waals surface area (Å²) in [6, 6.07) is 8.70. The van der Waals surface area contributed by atoms with Crippen LogP contribution in [-0.4, -0.2) is 36.5 Å². The van der Waals surface area contributed by atoms with E-state index >= 15 is 0 Å². The Bertz CT molecular complexity index is 474. The third-order valence-electron chi connectivity index (χ3n) is 4.19. The van der Waals surface area contributed by atoms with Crippen molar-refractivity contribution in [3.05, 3.63) is 34.3 Å². The fourth-order valence-corrected chi connectivity index (χ4v) is 3.19. The lowest BCUT2D eigenvalue weighted by Gasteiger charge is -2.34. The number of carbonyl (C=O) groups is 1. The predicted molar refractivity (Wildman–Crippen MR) is 79.0 cm³/mol. The fourth-order valence-electron chi connectivity index (χ4n) is 2.93. The van der Waals surface area contributed by atoms with Crippen LogP contribution < -0.4 is 5.32 Å². The van der Waals surface area contributed by atoms with Gasteiger partial charge in [-0.2, -0.15) is 0 Å². The second-order valence-corrected chi connectivity index (χ2v) is 6.50. The van der Waals surface area contributed by atoms with E-state index in [1.54, 1.807) is 0 Å². The molecule has 3 nitrogen and oxygen atoms in total. The van der Waals surface area contributed by atoms with Crippen LogP contribution in [0.25, 0.3) is 0 Å². The summed E-state index contributed by atoms with van der Waals surface area (Å²) >= 11 is 3.45. The lowest BCUT2D eigenvalue weighted by atomic mass is 10.1. The van der Waals surface area contributed by atoms with Crippen LogP contribution in [-0.2, 0) is 4.79 Å².